The molecule has 114 valence electrons. The first-order valence-corrected chi connectivity index (χ1v) is 8.19. The highest BCUT2D eigenvalue weighted by atomic mass is 32.2. The molecule has 1 aromatic rings. The molecule has 0 aliphatic heterocycles. The van der Waals surface area contributed by atoms with E-state index in [1.807, 2.05) is 0 Å². The summed E-state index contributed by atoms with van der Waals surface area (Å²) in [5.74, 6) is 5.06. The lowest BCUT2D eigenvalue weighted by atomic mass is 10.2. The van der Waals surface area contributed by atoms with E-state index < -0.39 is 20.5 Å². The minimum Gasteiger partial charge on any atom is -0.349 e. The molecule has 7 heteroatoms. The van der Waals surface area contributed by atoms with Crippen molar-refractivity contribution in [2.75, 3.05) is 19.3 Å². The van der Waals surface area contributed by atoms with Crippen LogP contribution in [-0.4, -0.2) is 43.4 Å². The second-order valence-electron chi connectivity index (χ2n) is 5.15. The van der Waals surface area contributed by atoms with Crippen LogP contribution < -0.4 is 11.1 Å². The molecule has 0 bridgehead atoms. The van der Waals surface area contributed by atoms with Crippen LogP contribution in [0.25, 0.3) is 0 Å². The molecule has 0 saturated carbocycles. The van der Waals surface area contributed by atoms with Crippen molar-refractivity contribution in [3.8, 4) is 11.8 Å². The molecule has 1 amide bonds. The van der Waals surface area contributed by atoms with E-state index in [9.17, 15) is 13.2 Å². The molecule has 21 heavy (non-hydrogen) atoms. The van der Waals surface area contributed by atoms with Gasteiger partial charge >= 0.3 is 0 Å². The van der Waals surface area contributed by atoms with E-state index in [1.165, 1.54) is 12.3 Å². The van der Waals surface area contributed by atoms with Crippen LogP contribution in [0.15, 0.2) is 18.3 Å². The summed E-state index contributed by atoms with van der Waals surface area (Å²) in [5, 5.41) is 2.57. The molecule has 0 saturated heterocycles. The number of carbonyl (C=O) groups is 1. The molecule has 0 aliphatic rings. The van der Waals surface area contributed by atoms with Gasteiger partial charge in [0, 0.05) is 24.6 Å². The summed E-state index contributed by atoms with van der Waals surface area (Å²) in [5.41, 5.74) is 6.13. The van der Waals surface area contributed by atoms with Crippen LogP contribution in [0.4, 0.5) is 0 Å². The molecule has 3 N–H and O–H groups in total. The number of nitrogens with one attached hydrogen (secondary N) is 1. The first kappa shape index (κ1) is 17.1. The molecule has 1 aromatic heterocycles. The van der Waals surface area contributed by atoms with E-state index in [0.717, 1.165) is 6.26 Å². The van der Waals surface area contributed by atoms with Crippen LogP contribution in [-0.2, 0) is 9.84 Å². The van der Waals surface area contributed by atoms with Crippen LogP contribution in [0, 0.1) is 11.8 Å². The van der Waals surface area contributed by atoms with Crippen molar-refractivity contribution >= 4 is 15.7 Å². The first-order valence-electron chi connectivity index (χ1n) is 6.30. The Morgan fingerprint density at radius 2 is 2.10 bits per heavy atom. The van der Waals surface area contributed by atoms with E-state index in [4.69, 9.17) is 5.73 Å². The summed E-state index contributed by atoms with van der Waals surface area (Å²) >= 11 is 0. The summed E-state index contributed by atoms with van der Waals surface area (Å²) in [6.07, 6.45) is 2.61. The highest BCUT2D eigenvalue weighted by molar-refractivity contribution is 7.92. The van der Waals surface area contributed by atoms with Crippen LogP contribution >= 0.6 is 0 Å². The number of pyridine rings is 1. The molecular weight excluding hydrogens is 290 g/mol. The van der Waals surface area contributed by atoms with Crippen LogP contribution in [0.5, 0.6) is 0 Å². The second kappa shape index (κ2) is 6.70. The van der Waals surface area contributed by atoms with Crippen molar-refractivity contribution < 1.29 is 13.2 Å². The lowest BCUT2D eigenvalue weighted by molar-refractivity contribution is 0.0945. The lowest BCUT2D eigenvalue weighted by Crippen LogP contribution is -2.43. The van der Waals surface area contributed by atoms with Crippen molar-refractivity contribution in [3.63, 3.8) is 0 Å². The monoisotopic (exact) mass is 309 g/mol. The Kier molecular flexibility index (Phi) is 5.47. The molecule has 0 fully saturated rings. The topological polar surface area (TPSA) is 102 Å². The van der Waals surface area contributed by atoms with Gasteiger partial charge in [0.05, 0.1) is 11.3 Å². The summed E-state index contributed by atoms with van der Waals surface area (Å²) in [7, 11) is -3.26. The van der Waals surface area contributed by atoms with E-state index in [0.29, 0.717) is 5.56 Å². The van der Waals surface area contributed by atoms with Gasteiger partial charge in [-0.25, -0.2) is 13.4 Å². The number of hydrogen-bond acceptors (Lipinski definition) is 5. The van der Waals surface area contributed by atoms with Gasteiger partial charge in [-0.1, -0.05) is 11.8 Å². The largest absolute Gasteiger partial charge is 0.349 e. The minimum atomic E-state index is -3.26. The normalized spacial score (nSPS) is 11.4. The third-order valence-corrected chi connectivity index (χ3v) is 5.16. The van der Waals surface area contributed by atoms with Crippen molar-refractivity contribution in [2.45, 2.75) is 18.6 Å². The number of amides is 1. The number of rotatable bonds is 4. The summed E-state index contributed by atoms with van der Waals surface area (Å²) in [6.45, 7) is 3.38. The van der Waals surface area contributed by atoms with Crippen LogP contribution in [0.3, 0.4) is 0 Å². The fraction of sp³-hybridized carbons (Fsp3) is 0.429. The first-order chi connectivity index (χ1) is 9.67. The Balaban J connectivity index is 2.73. The zero-order valence-corrected chi connectivity index (χ0v) is 13.1. The number of hydrogen-bond donors (Lipinski definition) is 2. The number of sulfone groups is 1. The van der Waals surface area contributed by atoms with E-state index >= 15 is 0 Å². The fourth-order valence-corrected chi connectivity index (χ4v) is 1.60. The van der Waals surface area contributed by atoms with Crippen LogP contribution in [0.2, 0.25) is 0 Å². The average molecular weight is 309 g/mol. The zero-order valence-electron chi connectivity index (χ0n) is 12.3. The quantitative estimate of drug-likeness (QED) is 0.759. The third kappa shape index (κ3) is 4.85. The van der Waals surface area contributed by atoms with E-state index in [-0.39, 0.29) is 18.8 Å². The molecule has 1 heterocycles. The molecule has 0 spiro atoms. The number of nitrogens with two attached hydrogens (primary N) is 1. The molecule has 0 radical (unpaired) electrons. The van der Waals surface area contributed by atoms with Crippen molar-refractivity contribution in [1.82, 2.24) is 10.3 Å². The Labute approximate surface area is 125 Å². The zero-order chi connectivity index (χ0) is 16.1. The highest BCUT2D eigenvalue weighted by Crippen LogP contribution is 2.13. The highest BCUT2D eigenvalue weighted by Gasteiger charge is 2.30. The van der Waals surface area contributed by atoms with Gasteiger partial charge in [-0.2, -0.15) is 0 Å². The van der Waals surface area contributed by atoms with E-state index in [1.54, 1.807) is 19.9 Å². The Bertz CT molecular complexity index is 668. The number of aromatic nitrogens is 1. The Hall–Kier alpha value is -1.91. The predicted octanol–water partition coefficient (Wildman–Crippen LogP) is -0.0552. The van der Waals surface area contributed by atoms with Gasteiger partial charge in [-0.15, -0.1) is 0 Å². The maximum atomic E-state index is 11.9. The molecule has 0 aliphatic carbocycles. The number of nitrogens with zero attached hydrogens (tertiary/aromatic N) is 1. The van der Waals surface area contributed by atoms with Gasteiger partial charge in [-0.05, 0) is 26.0 Å². The SMILES string of the molecule is CC(C)(CNC(=O)c1ccc(C#CCN)cn1)S(C)(=O)=O. The van der Waals surface area contributed by atoms with Gasteiger partial charge in [0.2, 0.25) is 0 Å². The van der Waals surface area contributed by atoms with Crippen molar-refractivity contribution in [1.29, 1.82) is 0 Å². The molecule has 0 atom stereocenters. The molecule has 0 aromatic carbocycles. The Morgan fingerprint density at radius 1 is 1.43 bits per heavy atom. The average Bonchev–Trinajstić information content (AvgIpc) is 2.42. The van der Waals surface area contributed by atoms with Gasteiger partial charge < -0.3 is 11.1 Å². The Morgan fingerprint density at radius 3 is 2.57 bits per heavy atom. The summed E-state index contributed by atoms with van der Waals surface area (Å²) in [6, 6.07) is 3.19. The van der Waals surface area contributed by atoms with Crippen LogP contribution in [0.1, 0.15) is 29.9 Å². The second-order valence-corrected chi connectivity index (χ2v) is 7.80. The maximum absolute atomic E-state index is 11.9. The molecular formula is C14H19N3O3S. The molecule has 1 rings (SSSR count). The third-order valence-electron chi connectivity index (χ3n) is 3.01. The van der Waals surface area contributed by atoms with E-state index in [2.05, 4.69) is 22.1 Å². The standard InChI is InChI=1S/C14H19N3O3S/c1-14(2,21(3,19)20)10-17-13(18)12-7-6-11(9-16-12)5-4-8-15/h6-7,9H,8,10,15H2,1-3H3,(H,17,18). The summed E-state index contributed by atoms with van der Waals surface area (Å²) < 4.78 is 22.1. The number of carbonyl (C=O) groups excluding carboxylic acids is 1. The predicted molar refractivity (Wildman–Crippen MR) is 81.4 cm³/mol. The lowest BCUT2D eigenvalue weighted by Gasteiger charge is -2.22. The minimum absolute atomic E-state index is 0.0150. The smallest absolute Gasteiger partial charge is 0.269 e. The van der Waals surface area contributed by atoms with Gasteiger partial charge in [0.1, 0.15) is 5.69 Å². The van der Waals surface area contributed by atoms with Gasteiger partial charge in [-0.3, -0.25) is 4.79 Å². The van der Waals surface area contributed by atoms with Gasteiger partial charge in [0.25, 0.3) is 5.91 Å². The fourth-order valence-electron chi connectivity index (χ4n) is 1.27. The summed E-state index contributed by atoms with van der Waals surface area (Å²) in [4.78, 5) is 15.9. The maximum Gasteiger partial charge on any atom is 0.269 e. The van der Waals surface area contributed by atoms with Gasteiger partial charge in [0.15, 0.2) is 9.84 Å². The molecule has 6 nitrogen and oxygen atoms in total. The molecule has 0 unspecified atom stereocenters. The van der Waals surface area contributed by atoms with Crippen molar-refractivity contribution in [3.05, 3.63) is 29.6 Å². The van der Waals surface area contributed by atoms with Crippen molar-refractivity contribution in [2.24, 2.45) is 5.73 Å².